The van der Waals surface area contributed by atoms with Crippen molar-refractivity contribution in [1.82, 2.24) is 0 Å². The van der Waals surface area contributed by atoms with Gasteiger partial charge in [0.05, 0.1) is 32.3 Å². The van der Waals surface area contributed by atoms with Crippen molar-refractivity contribution < 1.29 is 19.0 Å². The summed E-state index contributed by atoms with van der Waals surface area (Å²) in [5, 5.41) is 0. The van der Waals surface area contributed by atoms with Gasteiger partial charge in [-0.2, -0.15) is 0 Å². The molecule has 2 aliphatic heterocycles. The van der Waals surface area contributed by atoms with Crippen molar-refractivity contribution >= 4 is 5.78 Å². The first-order chi connectivity index (χ1) is 10.2. The van der Waals surface area contributed by atoms with E-state index in [1.807, 2.05) is 12.1 Å². The first-order valence-corrected chi connectivity index (χ1v) is 7.64. The highest BCUT2D eigenvalue weighted by molar-refractivity contribution is 5.83. The molecule has 0 unspecified atom stereocenters. The van der Waals surface area contributed by atoms with Gasteiger partial charge < -0.3 is 14.2 Å². The molecule has 2 heterocycles. The molecule has 3 atom stereocenters. The third kappa shape index (κ3) is 2.22. The summed E-state index contributed by atoms with van der Waals surface area (Å²) in [6, 6.07) is 3.81. The van der Waals surface area contributed by atoms with Crippen LogP contribution in [0.2, 0.25) is 0 Å². The molecule has 0 spiro atoms. The normalized spacial score (nSPS) is 25.8. The number of rotatable bonds is 6. The van der Waals surface area contributed by atoms with Gasteiger partial charge in [-0.15, -0.1) is 0 Å². The molecule has 114 valence electrons. The lowest BCUT2D eigenvalue weighted by Crippen LogP contribution is -2.21. The van der Waals surface area contributed by atoms with Crippen molar-refractivity contribution in [2.75, 3.05) is 14.2 Å². The van der Waals surface area contributed by atoms with Gasteiger partial charge in [0.2, 0.25) is 0 Å². The molecule has 21 heavy (non-hydrogen) atoms. The highest BCUT2D eigenvalue weighted by Crippen LogP contribution is 2.59. The molecule has 1 aromatic rings. The van der Waals surface area contributed by atoms with Crippen LogP contribution in [0.4, 0.5) is 0 Å². The molecule has 3 rings (SSSR count). The molecule has 0 aromatic heterocycles. The van der Waals surface area contributed by atoms with Gasteiger partial charge in [0, 0.05) is 17.5 Å². The molecule has 1 saturated heterocycles. The van der Waals surface area contributed by atoms with Gasteiger partial charge in [-0.05, 0) is 25.0 Å². The summed E-state index contributed by atoms with van der Waals surface area (Å²) < 4.78 is 17.0. The number of Topliss-reactive ketones (excluding diaryl/α,β-unsaturated/α-hetero) is 1. The van der Waals surface area contributed by atoms with Crippen molar-refractivity contribution in [3.63, 3.8) is 0 Å². The molecule has 2 bridgehead atoms. The molecule has 0 radical (unpaired) electrons. The first-order valence-electron chi connectivity index (χ1n) is 7.64. The predicted octanol–water partition coefficient (Wildman–Crippen LogP) is 3.60. The lowest BCUT2D eigenvalue weighted by molar-refractivity contribution is -0.124. The van der Waals surface area contributed by atoms with Crippen LogP contribution >= 0.6 is 0 Å². The minimum atomic E-state index is -0.167. The van der Waals surface area contributed by atoms with Gasteiger partial charge in [-0.3, -0.25) is 4.79 Å². The van der Waals surface area contributed by atoms with Gasteiger partial charge in [-0.1, -0.05) is 13.3 Å². The minimum Gasteiger partial charge on any atom is -0.496 e. The Balaban J connectivity index is 1.94. The fraction of sp³-hybridized carbons (Fsp3) is 0.588. The van der Waals surface area contributed by atoms with Crippen LogP contribution in [0.1, 0.15) is 55.9 Å². The summed E-state index contributed by atoms with van der Waals surface area (Å²) >= 11 is 0. The number of fused-ring (bicyclic) bond motifs is 5. The Morgan fingerprint density at radius 3 is 2.52 bits per heavy atom. The summed E-state index contributed by atoms with van der Waals surface area (Å²) in [5.41, 5.74) is 2.09. The molecule has 2 aliphatic rings. The van der Waals surface area contributed by atoms with Crippen molar-refractivity contribution in [3.05, 3.63) is 23.3 Å². The number of hydrogen-bond donors (Lipinski definition) is 0. The van der Waals surface area contributed by atoms with Crippen molar-refractivity contribution in [2.45, 2.75) is 44.8 Å². The summed E-state index contributed by atoms with van der Waals surface area (Å²) in [6.45, 7) is 2.10. The van der Waals surface area contributed by atoms with Crippen molar-refractivity contribution in [2.24, 2.45) is 5.92 Å². The zero-order valence-electron chi connectivity index (χ0n) is 12.8. The number of ketones is 1. The van der Waals surface area contributed by atoms with Gasteiger partial charge >= 0.3 is 0 Å². The number of methoxy groups -OCH3 is 2. The topological polar surface area (TPSA) is 44.8 Å². The lowest BCUT2D eigenvalue weighted by atomic mass is 9.80. The molecule has 0 amide bonds. The van der Waals surface area contributed by atoms with Crippen LogP contribution in [0.15, 0.2) is 12.1 Å². The van der Waals surface area contributed by atoms with Crippen LogP contribution < -0.4 is 9.47 Å². The fourth-order valence-corrected chi connectivity index (χ4v) is 3.55. The molecule has 4 heteroatoms. The van der Waals surface area contributed by atoms with E-state index in [-0.39, 0.29) is 18.1 Å². The van der Waals surface area contributed by atoms with Gasteiger partial charge in [0.15, 0.2) is 0 Å². The lowest BCUT2D eigenvalue weighted by Gasteiger charge is -2.23. The average Bonchev–Trinajstić information content (AvgIpc) is 3.10. The Morgan fingerprint density at radius 1 is 1.24 bits per heavy atom. The summed E-state index contributed by atoms with van der Waals surface area (Å²) in [7, 11) is 3.32. The van der Waals surface area contributed by atoms with E-state index in [9.17, 15) is 4.79 Å². The quantitative estimate of drug-likeness (QED) is 0.803. The Hall–Kier alpha value is -1.55. The van der Waals surface area contributed by atoms with Gasteiger partial charge in [-0.25, -0.2) is 0 Å². The van der Waals surface area contributed by atoms with Crippen LogP contribution in [0.25, 0.3) is 0 Å². The van der Waals surface area contributed by atoms with Crippen LogP contribution in [0.5, 0.6) is 11.5 Å². The second-order valence-electron chi connectivity index (χ2n) is 5.75. The zero-order chi connectivity index (χ0) is 15.0. The van der Waals surface area contributed by atoms with E-state index in [2.05, 4.69) is 6.92 Å². The Bertz CT molecular complexity index is 552. The van der Waals surface area contributed by atoms with E-state index in [1.165, 1.54) is 0 Å². The standard InChI is InChI=1S/C17H22O4/c1-4-5-6-11(18)10-9-14-15-12(19-2)7-8-13(20-3)16(15)17(10)21-14/h7-8,10,14,17H,4-6,9H2,1-3H3/t10-,14-,17+/m1/s1. The second kappa shape index (κ2) is 5.68. The molecular formula is C17H22O4. The maximum Gasteiger partial charge on any atom is 0.139 e. The molecule has 0 saturated carbocycles. The van der Waals surface area contributed by atoms with Crippen LogP contribution in [-0.4, -0.2) is 20.0 Å². The molecule has 1 aromatic carbocycles. The molecule has 0 aliphatic carbocycles. The molecule has 4 nitrogen and oxygen atoms in total. The highest BCUT2D eigenvalue weighted by atomic mass is 16.5. The number of carbonyl (C=O) groups excluding carboxylic acids is 1. The van der Waals surface area contributed by atoms with Gasteiger partial charge in [0.25, 0.3) is 0 Å². The minimum absolute atomic E-state index is 0.0324. The molecule has 0 N–H and O–H groups in total. The fourth-order valence-electron chi connectivity index (χ4n) is 3.55. The van der Waals surface area contributed by atoms with Crippen LogP contribution in [0, 0.1) is 5.92 Å². The number of carbonyl (C=O) groups is 1. The second-order valence-corrected chi connectivity index (χ2v) is 5.75. The molecular weight excluding hydrogens is 268 g/mol. The summed E-state index contributed by atoms with van der Waals surface area (Å²) in [4.78, 5) is 12.4. The third-order valence-electron chi connectivity index (χ3n) is 4.59. The third-order valence-corrected chi connectivity index (χ3v) is 4.59. The monoisotopic (exact) mass is 290 g/mol. The van der Waals surface area contributed by atoms with Gasteiger partial charge in [0.1, 0.15) is 17.3 Å². The van der Waals surface area contributed by atoms with E-state index in [0.717, 1.165) is 41.9 Å². The zero-order valence-corrected chi connectivity index (χ0v) is 12.8. The van der Waals surface area contributed by atoms with Crippen LogP contribution in [0.3, 0.4) is 0 Å². The Kier molecular flexibility index (Phi) is 3.89. The smallest absolute Gasteiger partial charge is 0.139 e. The van der Waals surface area contributed by atoms with Crippen molar-refractivity contribution in [3.8, 4) is 11.5 Å². The predicted molar refractivity (Wildman–Crippen MR) is 78.8 cm³/mol. The highest BCUT2D eigenvalue weighted by Gasteiger charge is 2.50. The van der Waals surface area contributed by atoms with E-state index in [0.29, 0.717) is 12.2 Å². The Labute approximate surface area is 125 Å². The maximum atomic E-state index is 12.4. The van der Waals surface area contributed by atoms with E-state index in [4.69, 9.17) is 14.2 Å². The number of hydrogen-bond acceptors (Lipinski definition) is 4. The number of unbranched alkanes of at least 4 members (excludes halogenated alkanes) is 1. The SMILES string of the molecule is CCCCC(=O)[C@H]1C[C@H]2O[C@@H]1c1c(OC)ccc(OC)c12. The molecule has 1 fully saturated rings. The summed E-state index contributed by atoms with van der Waals surface area (Å²) in [5.74, 6) is 1.92. The average molecular weight is 290 g/mol. The number of benzene rings is 1. The number of ether oxygens (including phenoxy) is 3. The van der Waals surface area contributed by atoms with E-state index < -0.39 is 0 Å². The van der Waals surface area contributed by atoms with E-state index >= 15 is 0 Å². The maximum absolute atomic E-state index is 12.4. The van der Waals surface area contributed by atoms with E-state index in [1.54, 1.807) is 14.2 Å². The summed E-state index contributed by atoms with van der Waals surface area (Å²) in [6.07, 6.45) is 3.21. The first kappa shape index (κ1) is 14.4. The van der Waals surface area contributed by atoms with Crippen molar-refractivity contribution in [1.29, 1.82) is 0 Å². The Morgan fingerprint density at radius 2 is 1.90 bits per heavy atom. The van der Waals surface area contributed by atoms with Crippen LogP contribution in [-0.2, 0) is 9.53 Å². The largest absolute Gasteiger partial charge is 0.496 e.